The van der Waals surface area contributed by atoms with E-state index >= 15 is 0 Å². The van der Waals surface area contributed by atoms with Gasteiger partial charge < -0.3 is 5.32 Å². The van der Waals surface area contributed by atoms with Crippen LogP contribution in [0.15, 0.2) is 17.1 Å². The molecule has 1 fully saturated rings. The number of hydrogen-bond donors (Lipinski definition) is 1. The summed E-state index contributed by atoms with van der Waals surface area (Å²) in [6, 6.07) is 4.48. The average Bonchev–Trinajstić information content (AvgIpc) is 2.46. The molecule has 0 amide bonds. The highest BCUT2D eigenvalue weighted by Gasteiger charge is 2.34. The number of thioether (sulfide) groups is 1. The number of anilines is 1. The van der Waals surface area contributed by atoms with Crippen LogP contribution in [0.5, 0.6) is 0 Å². The van der Waals surface area contributed by atoms with Gasteiger partial charge in [0, 0.05) is 18.0 Å². The highest BCUT2D eigenvalue weighted by Crippen LogP contribution is 2.42. The van der Waals surface area contributed by atoms with Crippen LogP contribution in [0.4, 0.5) is 5.69 Å². The Labute approximate surface area is 132 Å². The van der Waals surface area contributed by atoms with Crippen molar-refractivity contribution in [3.63, 3.8) is 0 Å². The van der Waals surface area contributed by atoms with Gasteiger partial charge in [-0.05, 0) is 50.2 Å². The first-order valence-corrected chi connectivity index (χ1v) is 9.09. The van der Waals surface area contributed by atoms with Crippen LogP contribution in [0, 0.1) is 26.2 Å². The van der Waals surface area contributed by atoms with Crippen molar-refractivity contribution in [2.45, 2.75) is 52.9 Å². The highest BCUT2D eigenvalue weighted by atomic mass is 32.2. The van der Waals surface area contributed by atoms with Crippen molar-refractivity contribution in [3.8, 4) is 0 Å². The first-order chi connectivity index (χ1) is 10.1. The number of nitrogens with one attached hydrogen (secondary N) is 1. The van der Waals surface area contributed by atoms with Gasteiger partial charge in [-0.1, -0.05) is 48.7 Å². The summed E-state index contributed by atoms with van der Waals surface area (Å²) in [7, 11) is 0. The Bertz CT molecular complexity index is 533. The summed E-state index contributed by atoms with van der Waals surface area (Å²) in [6.45, 7) is 7.54. The number of nitrogens with zero attached hydrogens (tertiary/aromatic N) is 1. The Morgan fingerprint density at radius 1 is 1.05 bits per heavy atom. The van der Waals surface area contributed by atoms with Gasteiger partial charge in [-0.2, -0.15) is 0 Å². The quantitative estimate of drug-likeness (QED) is 0.782. The van der Waals surface area contributed by atoms with Gasteiger partial charge in [0.25, 0.3) is 0 Å². The van der Waals surface area contributed by atoms with Crippen molar-refractivity contribution in [2.24, 2.45) is 10.4 Å². The molecule has 1 aromatic rings. The molecule has 1 aromatic carbocycles. The predicted octanol–water partition coefficient (Wildman–Crippen LogP) is 5.08. The van der Waals surface area contributed by atoms with E-state index in [-0.39, 0.29) is 0 Å². The van der Waals surface area contributed by atoms with Gasteiger partial charge in [0.1, 0.15) is 0 Å². The molecule has 0 bridgehead atoms. The molecule has 0 unspecified atom stereocenters. The molecule has 3 heteroatoms. The number of hydrogen-bond acceptors (Lipinski definition) is 3. The first kappa shape index (κ1) is 15.0. The van der Waals surface area contributed by atoms with Gasteiger partial charge in [-0.3, -0.25) is 4.99 Å². The lowest BCUT2D eigenvalue weighted by molar-refractivity contribution is 0.232. The molecule has 1 saturated carbocycles. The Morgan fingerprint density at radius 2 is 1.71 bits per heavy atom. The molecule has 2 aliphatic rings. The van der Waals surface area contributed by atoms with Crippen LogP contribution in [-0.2, 0) is 0 Å². The molecule has 1 N–H and O–H groups in total. The third kappa shape index (κ3) is 3.28. The first-order valence-electron chi connectivity index (χ1n) is 8.10. The molecule has 21 heavy (non-hydrogen) atoms. The van der Waals surface area contributed by atoms with E-state index < -0.39 is 0 Å². The van der Waals surface area contributed by atoms with E-state index in [1.807, 2.05) is 11.8 Å². The van der Waals surface area contributed by atoms with Gasteiger partial charge in [0.2, 0.25) is 0 Å². The molecular weight excluding hydrogens is 276 g/mol. The molecule has 114 valence electrons. The lowest BCUT2D eigenvalue weighted by atomic mass is 9.75. The van der Waals surface area contributed by atoms with E-state index in [0.29, 0.717) is 5.41 Å². The molecule has 1 aliphatic heterocycles. The molecule has 0 radical (unpaired) electrons. The second-order valence-electron chi connectivity index (χ2n) is 6.87. The van der Waals surface area contributed by atoms with E-state index in [0.717, 1.165) is 11.7 Å². The van der Waals surface area contributed by atoms with Crippen LogP contribution < -0.4 is 5.32 Å². The maximum atomic E-state index is 4.87. The second-order valence-corrected chi connectivity index (χ2v) is 7.83. The van der Waals surface area contributed by atoms with Crippen molar-refractivity contribution < 1.29 is 0 Å². The number of aliphatic imine (C=N–C) groups is 1. The minimum atomic E-state index is 0.505. The van der Waals surface area contributed by atoms with Crippen LogP contribution in [0.2, 0.25) is 0 Å². The van der Waals surface area contributed by atoms with E-state index in [1.54, 1.807) is 0 Å². The molecule has 0 saturated heterocycles. The van der Waals surface area contributed by atoms with Crippen LogP contribution in [0.3, 0.4) is 0 Å². The Kier molecular flexibility index (Phi) is 4.30. The zero-order chi connectivity index (χ0) is 14.9. The minimum Gasteiger partial charge on any atom is -0.335 e. The second kappa shape index (κ2) is 6.04. The third-order valence-electron chi connectivity index (χ3n) is 4.90. The summed E-state index contributed by atoms with van der Waals surface area (Å²) in [5.74, 6) is 1.24. The number of benzene rings is 1. The lowest BCUT2D eigenvalue weighted by Crippen LogP contribution is -2.35. The largest absolute Gasteiger partial charge is 0.335 e. The summed E-state index contributed by atoms with van der Waals surface area (Å²) in [5.41, 5.74) is 5.70. The molecule has 0 aromatic heterocycles. The maximum absolute atomic E-state index is 4.87. The minimum absolute atomic E-state index is 0.505. The summed E-state index contributed by atoms with van der Waals surface area (Å²) >= 11 is 1.92. The zero-order valence-corrected chi connectivity index (χ0v) is 14.3. The van der Waals surface area contributed by atoms with E-state index in [2.05, 4.69) is 38.2 Å². The van der Waals surface area contributed by atoms with E-state index in [9.17, 15) is 0 Å². The zero-order valence-electron chi connectivity index (χ0n) is 13.5. The van der Waals surface area contributed by atoms with Gasteiger partial charge in [-0.25, -0.2) is 0 Å². The van der Waals surface area contributed by atoms with Crippen molar-refractivity contribution >= 4 is 22.6 Å². The summed E-state index contributed by atoms with van der Waals surface area (Å²) in [4.78, 5) is 4.87. The topological polar surface area (TPSA) is 24.4 Å². The summed E-state index contributed by atoms with van der Waals surface area (Å²) < 4.78 is 0. The fourth-order valence-electron chi connectivity index (χ4n) is 3.72. The Morgan fingerprint density at radius 3 is 2.29 bits per heavy atom. The Balaban J connectivity index is 1.72. The SMILES string of the molecule is Cc1cc(C)c(NC2=NCC3(CCCCC3)CS2)c(C)c1. The number of aryl methyl sites for hydroxylation is 3. The van der Waals surface area contributed by atoms with Crippen LogP contribution in [0.1, 0.15) is 48.8 Å². The molecule has 1 aliphatic carbocycles. The molecule has 1 heterocycles. The summed E-state index contributed by atoms with van der Waals surface area (Å²) in [6.07, 6.45) is 6.96. The van der Waals surface area contributed by atoms with Gasteiger partial charge >= 0.3 is 0 Å². The van der Waals surface area contributed by atoms with Crippen LogP contribution >= 0.6 is 11.8 Å². The van der Waals surface area contributed by atoms with Crippen molar-refractivity contribution in [2.75, 3.05) is 17.6 Å². The van der Waals surface area contributed by atoms with E-state index in [4.69, 9.17) is 4.99 Å². The fraction of sp³-hybridized carbons (Fsp3) is 0.611. The van der Waals surface area contributed by atoms with Gasteiger partial charge in [-0.15, -0.1) is 0 Å². The number of rotatable bonds is 1. The van der Waals surface area contributed by atoms with E-state index in [1.165, 1.54) is 60.2 Å². The van der Waals surface area contributed by atoms with Crippen molar-refractivity contribution in [1.82, 2.24) is 0 Å². The highest BCUT2D eigenvalue weighted by molar-refractivity contribution is 8.14. The normalized spacial score (nSPS) is 21.2. The summed E-state index contributed by atoms with van der Waals surface area (Å²) in [5, 5.41) is 4.69. The third-order valence-corrected chi connectivity index (χ3v) is 6.16. The van der Waals surface area contributed by atoms with Gasteiger partial charge in [0.15, 0.2) is 5.17 Å². The monoisotopic (exact) mass is 302 g/mol. The maximum Gasteiger partial charge on any atom is 0.161 e. The number of amidine groups is 1. The molecule has 2 nitrogen and oxygen atoms in total. The smallest absolute Gasteiger partial charge is 0.161 e. The lowest BCUT2D eigenvalue weighted by Gasteiger charge is -2.38. The molecular formula is C18H26N2S. The van der Waals surface area contributed by atoms with Crippen LogP contribution in [0.25, 0.3) is 0 Å². The fourth-order valence-corrected chi connectivity index (χ4v) is 4.87. The molecule has 3 rings (SSSR count). The Hall–Kier alpha value is -0.960. The molecule has 1 spiro atoms. The van der Waals surface area contributed by atoms with Gasteiger partial charge in [0.05, 0.1) is 0 Å². The molecule has 0 atom stereocenters. The van der Waals surface area contributed by atoms with Crippen molar-refractivity contribution in [3.05, 3.63) is 28.8 Å². The van der Waals surface area contributed by atoms with Crippen molar-refractivity contribution in [1.29, 1.82) is 0 Å². The standard InChI is InChI=1S/C18H26N2S/c1-13-9-14(2)16(15(3)10-13)20-17-19-11-18(12-21-17)7-5-4-6-8-18/h9-10H,4-8,11-12H2,1-3H3,(H,19,20). The predicted molar refractivity (Wildman–Crippen MR) is 94.6 cm³/mol. The average molecular weight is 302 g/mol. The van der Waals surface area contributed by atoms with Crippen LogP contribution in [-0.4, -0.2) is 17.5 Å².